The van der Waals surface area contributed by atoms with Crippen LogP contribution in [0.1, 0.15) is 46.9 Å². The smallest absolute Gasteiger partial charge is 0.338 e. The van der Waals surface area contributed by atoms with Crippen LogP contribution in [0.5, 0.6) is 5.75 Å². The van der Waals surface area contributed by atoms with Gasteiger partial charge in [-0.15, -0.1) is 0 Å². The van der Waals surface area contributed by atoms with Crippen molar-refractivity contribution in [3.8, 4) is 5.75 Å². The van der Waals surface area contributed by atoms with Gasteiger partial charge in [-0.25, -0.2) is 9.69 Å². The Morgan fingerprint density at radius 3 is 2.20 bits per heavy atom. The third-order valence-electron chi connectivity index (χ3n) is 6.34. The number of esters is 1. The van der Waals surface area contributed by atoms with Gasteiger partial charge in [0.05, 0.1) is 37.4 Å². The molecule has 0 spiro atoms. The lowest BCUT2D eigenvalue weighted by molar-refractivity contribution is -0.121. The fraction of sp³-hybridized carbons (Fsp3) is 0.385. The van der Waals surface area contributed by atoms with E-state index in [0.717, 1.165) is 4.90 Å². The summed E-state index contributed by atoms with van der Waals surface area (Å²) < 4.78 is 10.1. The molecule has 2 aliphatic heterocycles. The van der Waals surface area contributed by atoms with Crippen LogP contribution in [0, 0.1) is 0 Å². The van der Waals surface area contributed by atoms with Gasteiger partial charge in [-0.05, 0) is 68.3 Å². The zero-order valence-corrected chi connectivity index (χ0v) is 19.9. The van der Waals surface area contributed by atoms with E-state index in [1.165, 1.54) is 0 Å². The summed E-state index contributed by atoms with van der Waals surface area (Å²) in [6.45, 7) is 3.13. The van der Waals surface area contributed by atoms with Crippen LogP contribution in [0.25, 0.3) is 0 Å². The lowest BCUT2D eigenvalue weighted by Crippen LogP contribution is -2.49. The second-order valence-corrected chi connectivity index (χ2v) is 8.55. The molecule has 2 saturated heterocycles. The Labute approximate surface area is 204 Å². The minimum atomic E-state index is -0.610. The Kier molecular flexibility index (Phi) is 7.45. The molecule has 3 amide bonds. The number of hydrogen-bond acceptors (Lipinski definition) is 7. The van der Waals surface area contributed by atoms with Gasteiger partial charge in [0.25, 0.3) is 11.8 Å². The van der Waals surface area contributed by atoms with Crippen LogP contribution in [-0.4, -0.2) is 67.5 Å². The summed E-state index contributed by atoms with van der Waals surface area (Å²) in [5.41, 5.74) is 1.40. The number of carbonyl (C=O) groups is 4. The van der Waals surface area contributed by atoms with Crippen molar-refractivity contribution in [1.82, 2.24) is 10.2 Å². The number of hydrogen-bond donors (Lipinski definition) is 1. The number of amides is 3. The highest BCUT2D eigenvalue weighted by atomic mass is 16.5. The van der Waals surface area contributed by atoms with Crippen molar-refractivity contribution in [3.63, 3.8) is 0 Å². The van der Waals surface area contributed by atoms with Crippen LogP contribution < -0.4 is 15.0 Å². The number of nitrogens with one attached hydrogen (secondary N) is 1. The molecule has 0 saturated carbocycles. The molecule has 4 rings (SSSR count). The quantitative estimate of drug-likeness (QED) is 0.480. The van der Waals surface area contributed by atoms with Gasteiger partial charge in [0, 0.05) is 24.7 Å². The molecule has 0 aromatic heterocycles. The van der Waals surface area contributed by atoms with E-state index < -0.39 is 12.0 Å². The molecule has 9 heteroatoms. The van der Waals surface area contributed by atoms with Crippen molar-refractivity contribution in [2.75, 3.05) is 31.7 Å². The van der Waals surface area contributed by atoms with E-state index in [-0.39, 0.29) is 36.8 Å². The Morgan fingerprint density at radius 2 is 1.60 bits per heavy atom. The fourth-order valence-electron chi connectivity index (χ4n) is 4.44. The molecule has 0 aliphatic carbocycles. The van der Waals surface area contributed by atoms with Crippen molar-refractivity contribution in [2.45, 2.75) is 38.3 Å². The zero-order valence-electron chi connectivity index (χ0n) is 19.9. The second-order valence-electron chi connectivity index (χ2n) is 8.55. The minimum absolute atomic E-state index is 0.0304. The Hall–Kier alpha value is -3.72. The first-order valence-corrected chi connectivity index (χ1v) is 11.7. The van der Waals surface area contributed by atoms with E-state index in [9.17, 15) is 19.2 Å². The Morgan fingerprint density at radius 1 is 0.971 bits per heavy atom. The van der Waals surface area contributed by atoms with E-state index in [2.05, 4.69) is 5.32 Å². The standard InChI is InChI=1S/C26H29N3O6/c1-3-35-26(33)18-4-8-20(9-5-18)29-23(30)16-22(25(29)32)27-19-12-14-28(15-13-19)24(31)17-6-10-21(34-2)11-7-17/h4-11,19,22,27H,3,12-16H2,1-2H3/t22-/m1/s1. The molecule has 0 unspecified atom stereocenters. The molecule has 2 aliphatic rings. The van der Waals surface area contributed by atoms with Crippen LogP contribution in [0.4, 0.5) is 5.69 Å². The normalized spacial score (nSPS) is 18.6. The number of piperidine rings is 1. The number of imide groups is 1. The first-order valence-electron chi connectivity index (χ1n) is 11.7. The molecule has 9 nitrogen and oxygen atoms in total. The molecule has 0 bridgehead atoms. The molecule has 2 heterocycles. The van der Waals surface area contributed by atoms with E-state index in [1.54, 1.807) is 67.5 Å². The highest BCUT2D eigenvalue weighted by molar-refractivity contribution is 6.22. The summed E-state index contributed by atoms with van der Waals surface area (Å²) in [5, 5.41) is 3.32. The average Bonchev–Trinajstić information content (AvgIpc) is 3.16. The van der Waals surface area contributed by atoms with Crippen LogP contribution >= 0.6 is 0 Å². The van der Waals surface area contributed by atoms with Gasteiger partial charge < -0.3 is 19.7 Å². The van der Waals surface area contributed by atoms with Gasteiger partial charge in [0.2, 0.25) is 5.91 Å². The molecule has 1 N–H and O–H groups in total. The Balaban J connectivity index is 1.32. The maximum atomic E-state index is 13.0. The number of rotatable bonds is 7. The second kappa shape index (κ2) is 10.7. The number of carbonyl (C=O) groups excluding carboxylic acids is 4. The third kappa shape index (κ3) is 5.35. The molecule has 2 fully saturated rings. The molecular formula is C26H29N3O6. The van der Waals surface area contributed by atoms with Crippen molar-refractivity contribution in [2.24, 2.45) is 0 Å². The number of benzene rings is 2. The van der Waals surface area contributed by atoms with E-state index in [0.29, 0.717) is 48.5 Å². The highest BCUT2D eigenvalue weighted by Gasteiger charge is 2.41. The number of anilines is 1. The number of ether oxygens (including phenoxy) is 2. The molecule has 2 aromatic rings. The third-order valence-corrected chi connectivity index (χ3v) is 6.34. The van der Waals surface area contributed by atoms with Crippen molar-refractivity contribution in [3.05, 3.63) is 59.7 Å². The van der Waals surface area contributed by atoms with Gasteiger partial charge in [0.1, 0.15) is 5.75 Å². The highest BCUT2D eigenvalue weighted by Crippen LogP contribution is 2.25. The number of nitrogens with zero attached hydrogens (tertiary/aromatic N) is 2. The summed E-state index contributed by atoms with van der Waals surface area (Å²) in [6, 6.07) is 12.7. The molecule has 35 heavy (non-hydrogen) atoms. The van der Waals surface area contributed by atoms with E-state index in [1.807, 2.05) is 0 Å². The maximum Gasteiger partial charge on any atom is 0.338 e. The summed E-state index contributed by atoms with van der Waals surface area (Å²) >= 11 is 0. The lowest BCUT2D eigenvalue weighted by Gasteiger charge is -2.33. The monoisotopic (exact) mass is 479 g/mol. The first kappa shape index (κ1) is 24.4. The number of methoxy groups -OCH3 is 1. The predicted molar refractivity (Wildman–Crippen MR) is 128 cm³/mol. The van der Waals surface area contributed by atoms with Gasteiger partial charge in [-0.3, -0.25) is 14.4 Å². The van der Waals surface area contributed by atoms with E-state index in [4.69, 9.17) is 9.47 Å². The SMILES string of the molecule is CCOC(=O)c1ccc(N2C(=O)C[C@@H](NC3CCN(C(=O)c4ccc(OC)cc4)CC3)C2=O)cc1. The van der Waals surface area contributed by atoms with Gasteiger partial charge in [-0.1, -0.05) is 0 Å². The molecule has 1 atom stereocenters. The summed E-state index contributed by atoms with van der Waals surface area (Å²) in [7, 11) is 1.58. The molecule has 2 aromatic carbocycles. The van der Waals surface area contributed by atoms with Crippen LogP contribution in [0.2, 0.25) is 0 Å². The van der Waals surface area contributed by atoms with Crippen LogP contribution in [-0.2, 0) is 14.3 Å². The van der Waals surface area contributed by atoms with Crippen LogP contribution in [0.15, 0.2) is 48.5 Å². The molecule has 0 radical (unpaired) electrons. The lowest BCUT2D eigenvalue weighted by atomic mass is 10.0. The van der Waals surface area contributed by atoms with Gasteiger partial charge in [0.15, 0.2) is 0 Å². The van der Waals surface area contributed by atoms with Crippen molar-refractivity contribution >= 4 is 29.4 Å². The van der Waals surface area contributed by atoms with Gasteiger partial charge >= 0.3 is 5.97 Å². The van der Waals surface area contributed by atoms with E-state index >= 15 is 0 Å². The van der Waals surface area contributed by atoms with Crippen molar-refractivity contribution < 1.29 is 28.7 Å². The fourth-order valence-corrected chi connectivity index (χ4v) is 4.44. The molecular weight excluding hydrogens is 450 g/mol. The largest absolute Gasteiger partial charge is 0.497 e. The minimum Gasteiger partial charge on any atom is -0.497 e. The summed E-state index contributed by atoms with van der Waals surface area (Å²) in [5.74, 6) is -0.381. The zero-order chi connectivity index (χ0) is 24.9. The van der Waals surface area contributed by atoms with Crippen molar-refractivity contribution in [1.29, 1.82) is 0 Å². The van der Waals surface area contributed by atoms with Gasteiger partial charge in [-0.2, -0.15) is 0 Å². The number of likely N-dealkylation sites (tertiary alicyclic amines) is 1. The van der Waals surface area contributed by atoms with Crippen LogP contribution in [0.3, 0.4) is 0 Å². The predicted octanol–water partition coefficient (Wildman–Crippen LogP) is 2.40. The maximum absolute atomic E-state index is 13.0. The topological polar surface area (TPSA) is 105 Å². The average molecular weight is 480 g/mol. The summed E-state index contributed by atoms with van der Waals surface area (Å²) in [4.78, 5) is 53.2. The first-order chi connectivity index (χ1) is 16.9. The Bertz CT molecular complexity index is 1090. The molecule has 184 valence electrons. The summed E-state index contributed by atoms with van der Waals surface area (Å²) in [6.07, 6.45) is 1.45.